The molecule has 3 N–H and O–H groups in total. The molecule has 0 aliphatic heterocycles. The van der Waals surface area contributed by atoms with E-state index in [2.05, 4.69) is 58.7 Å². The van der Waals surface area contributed by atoms with Crippen molar-refractivity contribution in [1.82, 2.24) is 15.0 Å². The van der Waals surface area contributed by atoms with Gasteiger partial charge in [0.25, 0.3) is 0 Å². The summed E-state index contributed by atoms with van der Waals surface area (Å²) in [6.07, 6.45) is 1.74. The molecular weight excluding hydrogens is 393 g/mol. The zero-order valence-corrected chi connectivity index (χ0v) is 14.6. The molecule has 1 aromatic heterocycles. The Morgan fingerprint density at radius 2 is 1.59 bits per heavy atom. The van der Waals surface area contributed by atoms with Crippen molar-refractivity contribution in [2.24, 2.45) is 5.10 Å². The molecule has 1 aromatic carbocycles. The van der Waals surface area contributed by atoms with Crippen LogP contribution in [0.4, 0.5) is 17.8 Å². The first kappa shape index (κ1) is 16.4. The molecule has 0 bridgehead atoms. The number of hydrogen-bond acceptors (Lipinski definition) is 7. The molecule has 0 atom stereocenters. The summed E-state index contributed by atoms with van der Waals surface area (Å²) in [7, 11) is 0. The number of nitrogens with one attached hydrogen (secondary N) is 3. The molecule has 0 radical (unpaired) electrons. The summed E-state index contributed by atoms with van der Waals surface area (Å²) < 4.78 is 1.13. The van der Waals surface area contributed by atoms with Crippen molar-refractivity contribution in [2.45, 2.75) is 13.8 Å². The highest BCUT2D eigenvalue weighted by Crippen LogP contribution is 2.10. The van der Waals surface area contributed by atoms with Crippen LogP contribution in [0.5, 0.6) is 0 Å². The van der Waals surface area contributed by atoms with Gasteiger partial charge in [0.1, 0.15) is 0 Å². The van der Waals surface area contributed by atoms with Gasteiger partial charge in [0.05, 0.1) is 6.21 Å². The second kappa shape index (κ2) is 8.47. The van der Waals surface area contributed by atoms with E-state index in [4.69, 9.17) is 0 Å². The molecule has 1 heterocycles. The Bertz CT molecular complexity index is 621. The highest BCUT2D eigenvalue weighted by molar-refractivity contribution is 14.1. The fourth-order valence-electron chi connectivity index (χ4n) is 1.64. The van der Waals surface area contributed by atoms with Gasteiger partial charge in [-0.25, -0.2) is 5.43 Å². The number of rotatable bonds is 7. The lowest BCUT2D eigenvalue weighted by atomic mass is 10.2. The van der Waals surface area contributed by atoms with Crippen molar-refractivity contribution in [3.8, 4) is 0 Å². The predicted molar refractivity (Wildman–Crippen MR) is 98.5 cm³/mol. The topological polar surface area (TPSA) is 87.1 Å². The summed E-state index contributed by atoms with van der Waals surface area (Å²) in [5, 5.41) is 10.3. The third kappa shape index (κ3) is 4.79. The first-order chi connectivity index (χ1) is 10.7. The Hall–Kier alpha value is -1.97. The van der Waals surface area contributed by atoms with Crippen LogP contribution in [-0.2, 0) is 0 Å². The van der Waals surface area contributed by atoms with Crippen LogP contribution in [0.3, 0.4) is 0 Å². The van der Waals surface area contributed by atoms with Crippen LogP contribution in [0.1, 0.15) is 19.4 Å². The Morgan fingerprint density at radius 1 is 1.00 bits per heavy atom. The maximum absolute atomic E-state index is 4.26. The third-order valence-corrected chi connectivity index (χ3v) is 3.56. The number of aromatic nitrogens is 3. The quantitative estimate of drug-likeness (QED) is 0.369. The molecule has 0 spiro atoms. The van der Waals surface area contributed by atoms with Crippen molar-refractivity contribution in [3.05, 3.63) is 33.4 Å². The fourth-order valence-corrected chi connectivity index (χ4v) is 2.17. The van der Waals surface area contributed by atoms with E-state index in [1.54, 1.807) is 6.21 Å². The predicted octanol–water partition coefficient (Wildman–Crippen LogP) is 2.79. The van der Waals surface area contributed by atoms with Gasteiger partial charge >= 0.3 is 0 Å². The van der Waals surface area contributed by atoms with E-state index in [9.17, 15) is 0 Å². The van der Waals surface area contributed by atoms with Crippen molar-refractivity contribution < 1.29 is 0 Å². The first-order valence-electron chi connectivity index (χ1n) is 7.00. The van der Waals surface area contributed by atoms with Gasteiger partial charge in [0.2, 0.25) is 17.8 Å². The molecule has 0 saturated heterocycles. The van der Waals surface area contributed by atoms with Crippen LogP contribution in [0.25, 0.3) is 0 Å². The molecule has 2 rings (SSSR count). The molecule has 116 valence electrons. The number of nitrogens with zero attached hydrogens (tertiary/aromatic N) is 4. The number of anilines is 3. The Labute approximate surface area is 143 Å². The third-order valence-electron chi connectivity index (χ3n) is 2.58. The summed E-state index contributed by atoms with van der Waals surface area (Å²) in [6, 6.07) is 7.98. The van der Waals surface area contributed by atoms with E-state index >= 15 is 0 Å². The highest BCUT2D eigenvalue weighted by Gasteiger charge is 2.04. The normalized spacial score (nSPS) is 10.7. The van der Waals surface area contributed by atoms with Crippen molar-refractivity contribution >= 4 is 46.7 Å². The number of halogens is 1. The van der Waals surface area contributed by atoms with Gasteiger partial charge in [-0.2, -0.15) is 20.1 Å². The summed E-state index contributed by atoms with van der Waals surface area (Å²) in [5.74, 6) is 1.42. The van der Waals surface area contributed by atoms with E-state index < -0.39 is 0 Å². The fraction of sp³-hybridized carbons (Fsp3) is 0.286. The van der Waals surface area contributed by atoms with Crippen LogP contribution in [0, 0.1) is 3.57 Å². The number of hydrogen-bond donors (Lipinski definition) is 3. The second-order valence-electron chi connectivity index (χ2n) is 4.26. The van der Waals surface area contributed by atoms with Gasteiger partial charge in [-0.1, -0.05) is 18.2 Å². The minimum atomic E-state index is 0.393. The molecule has 2 aromatic rings. The molecule has 7 nitrogen and oxygen atoms in total. The van der Waals surface area contributed by atoms with Crippen molar-refractivity contribution in [2.75, 3.05) is 29.1 Å². The van der Waals surface area contributed by atoms with Crippen molar-refractivity contribution in [1.29, 1.82) is 0 Å². The molecule has 0 amide bonds. The Morgan fingerprint density at radius 3 is 2.18 bits per heavy atom. The van der Waals surface area contributed by atoms with Crippen LogP contribution in [0.2, 0.25) is 0 Å². The van der Waals surface area contributed by atoms with Gasteiger partial charge in [0.15, 0.2) is 0 Å². The van der Waals surface area contributed by atoms with Gasteiger partial charge in [-0.3, -0.25) is 0 Å². The van der Waals surface area contributed by atoms with Crippen LogP contribution < -0.4 is 16.1 Å². The minimum Gasteiger partial charge on any atom is -0.354 e. The zero-order valence-electron chi connectivity index (χ0n) is 12.5. The standard InChI is InChI=1S/C14H18IN7/c1-3-16-12-19-13(17-4-2)21-14(20-12)22-18-9-10-7-5-6-8-11(10)15/h5-9H,3-4H2,1-2H3,(H3,16,17,19,20,21,22). The lowest BCUT2D eigenvalue weighted by Crippen LogP contribution is -2.10. The van der Waals surface area contributed by atoms with Crippen LogP contribution in [0.15, 0.2) is 29.4 Å². The average molecular weight is 411 g/mol. The maximum Gasteiger partial charge on any atom is 0.250 e. The summed E-state index contributed by atoms with van der Waals surface area (Å²) in [6.45, 7) is 5.44. The molecule has 0 aliphatic carbocycles. The number of benzene rings is 1. The number of hydrazone groups is 1. The largest absolute Gasteiger partial charge is 0.354 e. The summed E-state index contributed by atoms with van der Waals surface area (Å²) in [5.41, 5.74) is 3.87. The van der Waals surface area contributed by atoms with Gasteiger partial charge in [-0.05, 0) is 42.5 Å². The van der Waals surface area contributed by atoms with Crippen LogP contribution in [-0.4, -0.2) is 34.3 Å². The van der Waals surface area contributed by atoms with E-state index in [0.717, 1.165) is 22.2 Å². The Kier molecular flexibility index (Phi) is 6.31. The molecule has 0 fully saturated rings. The summed E-state index contributed by atoms with van der Waals surface area (Å²) >= 11 is 2.27. The molecular formula is C14H18IN7. The first-order valence-corrected chi connectivity index (χ1v) is 8.08. The lowest BCUT2D eigenvalue weighted by Gasteiger charge is -2.07. The smallest absolute Gasteiger partial charge is 0.250 e. The lowest BCUT2D eigenvalue weighted by molar-refractivity contribution is 0.992. The molecule has 0 unspecified atom stereocenters. The Balaban J connectivity index is 2.12. The SMILES string of the molecule is CCNc1nc(NCC)nc(NN=Cc2ccccc2I)n1. The van der Waals surface area contributed by atoms with Gasteiger partial charge < -0.3 is 10.6 Å². The van der Waals surface area contributed by atoms with E-state index in [0.29, 0.717) is 17.8 Å². The zero-order chi connectivity index (χ0) is 15.8. The molecule has 0 aliphatic rings. The second-order valence-corrected chi connectivity index (χ2v) is 5.42. The van der Waals surface area contributed by atoms with E-state index in [1.807, 2.05) is 38.1 Å². The summed E-state index contributed by atoms with van der Waals surface area (Å²) in [4.78, 5) is 12.8. The van der Waals surface area contributed by atoms with E-state index in [1.165, 1.54) is 0 Å². The van der Waals surface area contributed by atoms with Gasteiger partial charge in [-0.15, -0.1) is 0 Å². The minimum absolute atomic E-state index is 0.393. The van der Waals surface area contributed by atoms with Crippen LogP contribution >= 0.6 is 22.6 Å². The maximum atomic E-state index is 4.26. The average Bonchev–Trinajstić information content (AvgIpc) is 2.50. The monoisotopic (exact) mass is 411 g/mol. The molecule has 8 heteroatoms. The molecule has 22 heavy (non-hydrogen) atoms. The van der Waals surface area contributed by atoms with Gasteiger partial charge in [0, 0.05) is 22.2 Å². The van der Waals surface area contributed by atoms with Crippen molar-refractivity contribution in [3.63, 3.8) is 0 Å². The highest BCUT2D eigenvalue weighted by atomic mass is 127. The molecule has 0 saturated carbocycles. The van der Waals surface area contributed by atoms with E-state index in [-0.39, 0.29) is 0 Å².